The van der Waals surface area contributed by atoms with E-state index in [1.165, 1.54) is 40.1 Å². The van der Waals surface area contributed by atoms with Crippen LogP contribution in [0.2, 0.25) is 0 Å². The fourth-order valence-electron chi connectivity index (χ4n) is 3.33. The Morgan fingerprint density at radius 1 is 0.967 bits per heavy atom. The molecule has 0 unspecified atom stereocenters. The van der Waals surface area contributed by atoms with Crippen molar-refractivity contribution in [1.82, 2.24) is 10.2 Å². The van der Waals surface area contributed by atoms with Crippen molar-refractivity contribution in [2.45, 2.75) is 13.1 Å². The van der Waals surface area contributed by atoms with E-state index in [9.17, 15) is 27.2 Å². The molecule has 2 aromatic carbocycles. The lowest BCUT2D eigenvalue weighted by atomic mass is 10.0. The molecule has 2 heterocycles. The summed E-state index contributed by atoms with van der Waals surface area (Å²) in [6, 6.07) is 9.22. The fourth-order valence-corrected chi connectivity index (χ4v) is 3.33. The number of nitrogens with zero attached hydrogens (tertiary/aromatic N) is 3. The summed E-state index contributed by atoms with van der Waals surface area (Å²) in [7, 11) is 0. The van der Waals surface area contributed by atoms with E-state index >= 15 is 0 Å². The molecule has 1 N–H and O–H groups in total. The number of aromatic nitrogens is 2. The van der Waals surface area contributed by atoms with Gasteiger partial charge in [0.1, 0.15) is 12.5 Å². The van der Waals surface area contributed by atoms with E-state index in [0.29, 0.717) is 11.3 Å². The second kappa shape index (κ2) is 6.97. The van der Waals surface area contributed by atoms with Crippen molar-refractivity contribution in [3.63, 3.8) is 0 Å². The third kappa shape index (κ3) is 3.40. The van der Waals surface area contributed by atoms with Crippen molar-refractivity contribution in [2.24, 2.45) is 0 Å². The smallest absolute Gasteiger partial charge is 0.322 e. The first-order valence-electron chi connectivity index (χ1n) is 8.78. The first-order valence-corrected chi connectivity index (χ1v) is 8.78. The van der Waals surface area contributed by atoms with Gasteiger partial charge in [0.25, 0.3) is 11.5 Å². The maximum absolute atomic E-state index is 13.6. The van der Waals surface area contributed by atoms with Crippen molar-refractivity contribution in [3.05, 3.63) is 81.4 Å². The highest BCUT2D eigenvalue weighted by Gasteiger charge is 2.37. The van der Waals surface area contributed by atoms with Crippen LogP contribution in [-0.2, 0) is 6.18 Å². The van der Waals surface area contributed by atoms with Gasteiger partial charge in [0, 0.05) is 11.8 Å². The Labute approximate surface area is 167 Å². The average molecular weight is 418 g/mol. The van der Waals surface area contributed by atoms with Gasteiger partial charge in [-0.05, 0) is 55.0 Å². The van der Waals surface area contributed by atoms with Gasteiger partial charge < -0.3 is 4.90 Å². The van der Waals surface area contributed by atoms with Gasteiger partial charge in [-0.15, -0.1) is 0 Å². The number of aryl methyl sites for hydroxylation is 1. The van der Waals surface area contributed by atoms with Gasteiger partial charge in [-0.2, -0.15) is 18.3 Å². The first-order chi connectivity index (χ1) is 14.1. The predicted molar refractivity (Wildman–Crippen MR) is 101 cm³/mol. The number of benzene rings is 2. The summed E-state index contributed by atoms with van der Waals surface area (Å²) in [6.07, 6.45) is -4.60. The Bertz CT molecular complexity index is 1190. The number of fused-ring (bicyclic) bond motifs is 1. The Morgan fingerprint density at radius 3 is 2.37 bits per heavy atom. The fraction of sp³-hybridized carbons (Fsp3) is 0.150. The van der Waals surface area contributed by atoms with Gasteiger partial charge in [0.2, 0.25) is 0 Å². The highest BCUT2D eigenvalue weighted by atomic mass is 19.4. The van der Waals surface area contributed by atoms with Crippen LogP contribution in [0.25, 0.3) is 0 Å². The van der Waals surface area contributed by atoms with Gasteiger partial charge >= 0.3 is 6.18 Å². The van der Waals surface area contributed by atoms with Crippen LogP contribution in [0.5, 0.6) is 0 Å². The minimum Gasteiger partial charge on any atom is -0.322 e. The number of carbonyl (C=O) groups is 1. The highest BCUT2D eigenvalue weighted by Crippen LogP contribution is 2.40. The molecule has 154 valence electrons. The van der Waals surface area contributed by atoms with Gasteiger partial charge in [-0.3, -0.25) is 14.5 Å². The standard InChI is InChI=1S/C20H14F4N4O2/c1-11-8-13(21)3-5-15(11)27-10-28(17-6-7-18(29)26-25-17)19(30)14-4-2-12(9-16(14)27)20(22,23)24/h2-9H,10H2,1H3,(H,26,29). The maximum Gasteiger partial charge on any atom is 0.416 e. The molecule has 3 aromatic rings. The first kappa shape index (κ1) is 19.6. The van der Waals surface area contributed by atoms with Crippen molar-refractivity contribution >= 4 is 23.1 Å². The van der Waals surface area contributed by atoms with Crippen molar-refractivity contribution in [2.75, 3.05) is 16.5 Å². The van der Waals surface area contributed by atoms with Crippen molar-refractivity contribution in [3.8, 4) is 0 Å². The molecule has 0 spiro atoms. The predicted octanol–water partition coefficient (Wildman–Crippen LogP) is 3.99. The zero-order valence-corrected chi connectivity index (χ0v) is 15.5. The van der Waals surface area contributed by atoms with Crippen LogP contribution in [-0.4, -0.2) is 22.8 Å². The van der Waals surface area contributed by atoms with Crippen LogP contribution in [0.4, 0.5) is 34.8 Å². The van der Waals surface area contributed by atoms with Crippen LogP contribution >= 0.6 is 0 Å². The molecule has 30 heavy (non-hydrogen) atoms. The third-order valence-electron chi connectivity index (χ3n) is 4.76. The number of H-pyrrole nitrogens is 1. The Hall–Kier alpha value is -3.69. The molecule has 1 amide bonds. The lowest BCUT2D eigenvalue weighted by Gasteiger charge is -2.38. The zero-order chi connectivity index (χ0) is 21.6. The van der Waals surface area contributed by atoms with E-state index in [-0.39, 0.29) is 23.7 Å². The molecule has 0 saturated carbocycles. The van der Waals surface area contributed by atoms with Crippen LogP contribution in [0.15, 0.2) is 53.3 Å². The van der Waals surface area contributed by atoms with Gasteiger partial charge in [-0.1, -0.05) is 0 Å². The summed E-state index contributed by atoms with van der Waals surface area (Å²) in [5.74, 6) is -0.947. The summed E-state index contributed by atoms with van der Waals surface area (Å²) in [4.78, 5) is 27.0. The number of anilines is 3. The molecule has 0 atom stereocenters. The van der Waals surface area contributed by atoms with E-state index in [1.807, 2.05) is 0 Å². The molecule has 0 radical (unpaired) electrons. The third-order valence-corrected chi connectivity index (χ3v) is 4.76. The number of rotatable bonds is 2. The van der Waals surface area contributed by atoms with Crippen LogP contribution < -0.4 is 15.4 Å². The number of halogens is 4. The summed E-state index contributed by atoms with van der Waals surface area (Å²) < 4.78 is 53.5. The molecular weight excluding hydrogens is 404 g/mol. The van der Waals surface area contributed by atoms with Crippen LogP contribution in [0.3, 0.4) is 0 Å². The van der Waals surface area contributed by atoms with E-state index in [1.54, 1.807) is 6.92 Å². The monoisotopic (exact) mass is 418 g/mol. The van der Waals surface area contributed by atoms with Gasteiger partial charge in [-0.25, -0.2) is 9.49 Å². The molecule has 10 heteroatoms. The normalized spacial score (nSPS) is 14.1. The second-order valence-corrected chi connectivity index (χ2v) is 6.74. The minimum atomic E-state index is -4.60. The molecule has 4 rings (SSSR count). The Balaban J connectivity index is 1.90. The molecule has 0 bridgehead atoms. The molecular formula is C20H14F4N4O2. The Morgan fingerprint density at radius 2 is 1.73 bits per heavy atom. The maximum atomic E-state index is 13.6. The molecule has 1 aliphatic rings. The van der Waals surface area contributed by atoms with E-state index in [4.69, 9.17) is 0 Å². The van der Waals surface area contributed by atoms with Gasteiger partial charge in [0.05, 0.1) is 16.8 Å². The topological polar surface area (TPSA) is 69.3 Å². The van der Waals surface area contributed by atoms with E-state index < -0.39 is 29.0 Å². The lowest BCUT2D eigenvalue weighted by molar-refractivity contribution is -0.137. The average Bonchev–Trinajstić information content (AvgIpc) is 2.69. The lowest BCUT2D eigenvalue weighted by Crippen LogP contribution is -2.46. The number of hydrogen-bond donors (Lipinski definition) is 1. The second-order valence-electron chi connectivity index (χ2n) is 6.74. The molecule has 0 fully saturated rings. The summed E-state index contributed by atoms with van der Waals surface area (Å²) in [5, 5.41) is 6.08. The zero-order valence-electron chi connectivity index (χ0n) is 15.5. The largest absolute Gasteiger partial charge is 0.416 e. The summed E-state index contributed by atoms with van der Waals surface area (Å²) >= 11 is 0. The summed E-state index contributed by atoms with van der Waals surface area (Å²) in [5.41, 5.74) is -0.406. The molecule has 0 saturated heterocycles. The molecule has 1 aliphatic heterocycles. The number of alkyl halides is 3. The molecule has 0 aliphatic carbocycles. The molecule has 1 aromatic heterocycles. The SMILES string of the molecule is Cc1cc(F)ccc1N1CN(c2ccc(=O)[nH]n2)C(=O)c2ccc(C(F)(F)F)cc21. The Kier molecular flexibility index (Phi) is 4.56. The van der Waals surface area contributed by atoms with Gasteiger partial charge in [0.15, 0.2) is 5.82 Å². The number of amides is 1. The number of hydrogen-bond acceptors (Lipinski definition) is 4. The highest BCUT2D eigenvalue weighted by molar-refractivity contribution is 6.12. The van der Waals surface area contributed by atoms with Crippen LogP contribution in [0.1, 0.15) is 21.5 Å². The van der Waals surface area contributed by atoms with Crippen molar-refractivity contribution in [1.29, 1.82) is 0 Å². The number of carbonyl (C=O) groups excluding carboxylic acids is 1. The van der Waals surface area contributed by atoms with E-state index in [0.717, 1.165) is 18.2 Å². The van der Waals surface area contributed by atoms with Crippen molar-refractivity contribution < 1.29 is 22.4 Å². The summed E-state index contributed by atoms with van der Waals surface area (Å²) in [6.45, 7) is 1.43. The molecule has 6 nitrogen and oxygen atoms in total. The quantitative estimate of drug-likeness (QED) is 0.639. The van der Waals surface area contributed by atoms with Crippen LogP contribution in [0, 0.1) is 12.7 Å². The number of nitrogens with one attached hydrogen (secondary N) is 1. The minimum absolute atomic E-state index is 0.0194. The van der Waals surface area contributed by atoms with E-state index in [2.05, 4.69) is 10.2 Å². The number of aromatic amines is 1.